The molecule has 1 saturated heterocycles. The van der Waals surface area contributed by atoms with E-state index in [2.05, 4.69) is 18.2 Å². The first-order chi connectivity index (χ1) is 11.6. The Morgan fingerprint density at radius 3 is 2.54 bits per heavy atom. The smallest absolute Gasteiger partial charge is 0.207 e. The number of rotatable bonds is 2. The Morgan fingerprint density at radius 2 is 1.75 bits per heavy atom. The average Bonchev–Trinajstić information content (AvgIpc) is 2.61. The lowest BCUT2D eigenvalue weighted by molar-refractivity contribution is 0.157. The largest absolute Gasteiger partial charge is 0.243 e. The molecular weight excluding hydrogens is 318 g/mol. The van der Waals surface area contributed by atoms with Crippen LogP contribution in [0, 0.1) is 12.8 Å². The van der Waals surface area contributed by atoms with Crippen LogP contribution in [0.4, 0.5) is 0 Å². The lowest BCUT2D eigenvalue weighted by atomic mass is 9.76. The number of sulfonamides is 1. The van der Waals surface area contributed by atoms with Gasteiger partial charge in [-0.25, -0.2) is 8.42 Å². The number of hydrogen-bond acceptors (Lipinski definition) is 2. The molecule has 1 aliphatic carbocycles. The van der Waals surface area contributed by atoms with Crippen LogP contribution in [0.5, 0.6) is 0 Å². The first kappa shape index (κ1) is 15.9. The quantitative estimate of drug-likeness (QED) is 0.825. The highest BCUT2D eigenvalue weighted by Crippen LogP contribution is 2.45. The fraction of sp³-hybridized carbons (Fsp3) is 0.400. The maximum atomic E-state index is 13.3. The Morgan fingerprint density at radius 1 is 1.00 bits per heavy atom. The van der Waals surface area contributed by atoms with E-state index in [1.165, 1.54) is 11.1 Å². The van der Waals surface area contributed by atoms with Crippen molar-refractivity contribution in [3.8, 4) is 0 Å². The van der Waals surface area contributed by atoms with Gasteiger partial charge in [-0.2, -0.15) is 4.31 Å². The van der Waals surface area contributed by atoms with Gasteiger partial charge in [0.1, 0.15) is 0 Å². The molecular formula is C20H23NO2S. The Hall–Kier alpha value is -1.65. The molecule has 0 saturated carbocycles. The molecule has 0 bridgehead atoms. The minimum absolute atomic E-state index is 0.00463. The van der Waals surface area contributed by atoms with Crippen LogP contribution in [-0.4, -0.2) is 19.3 Å². The molecule has 2 aliphatic rings. The summed E-state index contributed by atoms with van der Waals surface area (Å²) in [6, 6.07) is 15.6. The molecule has 4 rings (SSSR count). The number of fused-ring (bicyclic) bond motifs is 3. The summed E-state index contributed by atoms with van der Waals surface area (Å²) < 4.78 is 28.3. The standard InChI is InChI=1S/C20H23NO2S/c1-15-8-12-18(13-9-15)24(22,23)21-14-4-6-17-11-10-16-5-2-3-7-19(16)20(17)21/h2-3,5,7-9,12-13,17,20H,4,6,10-11,14H2,1H3/t17-,20-/m0/s1. The van der Waals surface area contributed by atoms with Crippen LogP contribution in [0.15, 0.2) is 53.4 Å². The van der Waals surface area contributed by atoms with E-state index in [0.29, 0.717) is 17.4 Å². The second kappa shape index (κ2) is 6.01. The minimum Gasteiger partial charge on any atom is -0.207 e. The number of nitrogens with zero attached hydrogens (tertiary/aromatic N) is 1. The molecule has 126 valence electrons. The van der Waals surface area contributed by atoms with E-state index in [4.69, 9.17) is 0 Å². The molecule has 1 heterocycles. The molecule has 1 aliphatic heterocycles. The van der Waals surface area contributed by atoms with Crippen LogP contribution < -0.4 is 0 Å². The summed E-state index contributed by atoms with van der Waals surface area (Å²) in [6.07, 6.45) is 4.23. The summed E-state index contributed by atoms with van der Waals surface area (Å²) in [6.45, 7) is 2.59. The first-order valence-corrected chi connectivity index (χ1v) is 10.2. The molecule has 0 radical (unpaired) electrons. The molecule has 1 fully saturated rings. The van der Waals surface area contributed by atoms with Crippen LogP contribution in [0.25, 0.3) is 0 Å². The maximum Gasteiger partial charge on any atom is 0.243 e. The van der Waals surface area contributed by atoms with Crippen LogP contribution in [-0.2, 0) is 16.4 Å². The van der Waals surface area contributed by atoms with E-state index in [-0.39, 0.29) is 6.04 Å². The van der Waals surface area contributed by atoms with E-state index in [1.54, 1.807) is 16.4 Å². The van der Waals surface area contributed by atoms with E-state index >= 15 is 0 Å². The molecule has 0 amide bonds. The van der Waals surface area contributed by atoms with Crippen molar-refractivity contribution >= 4 is 10.0 Å². The van der Waals surface area contributed by atoms with Gasteiger partial charge < -0.3 is 0 Å². The molecule has 0 aromatic heterocycles. The highest BCUT2D eigenvalue weighted by Gasteiger charge is 2.42. The predicted octanol–water partition coefficient (Wildman–Crippen LogP) is 4.08. The fourth-order valence-electron chi connectivity index (χ4n) is 4.26. The number of benzene rings is 2. The van der Waals surface area contributed by atoms with Gasteiger partial charge in [0.2, 0.25) is 10.0 Å². The third kappa shape index (κ3) is 2.58. The van der Waals surface area contributed by atoms with Crippen LogP contribution in [0.2, 0.25) is 0 Å². The topological polar surface area (TPSA) is 37.4 Å². The van der Waals surface area contributed by atoms with Gasteiger partial charge in [0.25, 0.3) is 0 Å². The summed E-state index contributed by atoms with van der Waals surface area (Å²) in [4.78, 5) is 0.414. The van der Waals surface area contributed by atoms with Crippen molar-refractivity contribution in [2.24, 2.45) is 5.92 Å². The van der Waals surface area contributed by atoms with E-state index in [9.17, 15) is 8.42 Å². The fourth-order valence-corrected chi connectivity index (χ4v) is 5.96. The van der Waals surface area contributed by atoms with Crippen molar-refractivity contribution < 1.29 is 8.42 Å². The summed E-state index contributed by atoms with van der Waals surface area (Å²) in [7, 11) is -3.46. The maximum absolute atomic E-state index is 13.3. The van der Waals surface area contributed by atoms with Crippen molar-refractivity contribution in [3.05, 3.63) is 65.2 Å². The van der Waals surface area contributed by atoms with Crippen molar-refractivity contribution in [3.63, 3.8) is 0 Å². The van der Waals surface area contributed by atoms with Gasteiger partial charge in [-0.1, -0.05) is 42.0 Å². The zero-order valence-corrected chi connectivity index (χ0v) is 14.8. The molecule has 3 nitrogen and oxygen atoms in total. The first-order valence-electron chi connectivity index (χ1n) is 8.74. The normalized spacial score (nSPS) is 24.2. The van der Waals surface area contributed by atoms with Crippen LogP contribution in [0.3, 0.4) is 0 Å². The highest BCUT2D eigenvalue weighted by molar-refractivity contribution is 7.89. The van der Waals surface area contributed by atoms with Gasteiger partial charge in [-0.3, -0.25) is 0 Å². The molecule has 2 aromatic rings. The van der Waals surface area contributed by atoms with Crippen molar-refractivity contribution in [2.75, 3.05) is 6.54 Å². The number of aryl methyl sites for hydroxylation is 2. The summed E-state index contributed by atoms with van der Waals surface area (Å²) >= 11 is 0. The second-order valence-corrected chi connectivity index (χ2v) is 8.90. The van der Waals surface area contributed by atoms with Crippen molar-refractivity contribution in [1.82, 2.24) is 4.31 Å². The third-order valence-electron chi connectivity index (χ3n) is 5.50. The molecule has 2 aromatic carbocycles. The summed E-state index contributed by atoms with van der Waals surface area (Å²) in [5.41, 5.74) is 3.60. The van der Waals surface area contributed by atoms with Crippen LogP contribution in [0.1, 0.15) is 42.0 Å². The molecule has 2 atom stereocenters. The zero-order valence-electron chi connectivity index (χ0n) is 14.0. The van der Waals surface area contributed by atoms with Crippen molar-refractivity contribution in [1.29, 1.82) is 0 Å². The van der Waals surface area contributed by atoms with Crippen LogP contribution >= 0.6 is 0 Å². The van der Waals surface area contributed by atoms with Gasteiger partial charge >= 0.3 is 0 Å². The third-order valence-corrected chi connectivity index (χ3v) is 7.39. The summed E-state index contributed by atoms with van der Waals surface area (Å²) in [5.74, 6) is 0.439. The van der Waals surface area contributed by atoms with Crippen molar-refractivity contribution in [2.45, 2.75) is 43.5 Å². The lowest BCUT2D eigenvalue weighted by Crippen LogP contribution is -2.44. The molecule has 24 heavy (non-hydrogen) atoms. The Bertz CT molecular complexity index is 842. The van der Waals surface area contributed by atoms with E-state index < -0.39 is 10.0 Å². The Balaban J connectivity index is 1.78. The second-order valence-electron chi connectivity index (χ2n) is 7.01. The SMILES string of the molecule is Cc1ccc(S(=O)(=O)N2CCC[C@H]3CCc4ccccc4[C@H]32)cc1. The zero-order chi connectivity index (χ0) is 16.7. The van der Waals surface area contributed by atoms with Gasteiger partial charge in [0.15, 0.2) is 0 Å². The molecule has 0 spiro atoms. The molecule has 0 unspecified atom stereocenters. The lowest BCUT2D eigenvalue weighted by Gasteiger charge is -2.44. The van der Waals surface area contributed by atoms with Gasteiger partial charge in [-0.05, 0) is 61.8 Å². The van der Waals surface area contributed by atoms with Gasteiger partial charge in [-0.15, -0.1) is 0 Å². The minimum atomic E-state index is -3.46. The Labute approximate surface area is 144 Å². The number of hydrogen-bond donors (Lipinski definition) is 0. The monoisotopic (exact) mass is 341 g/mol. The summed E-state index contributed by atoms with van der Waals surface area (Å²) in [5, 5.41) is 0. The predicted molar refractivity (Wildman–Crippen MR) is 95.3 cm³/mol. The van der Waals surface area contributed by atoms with Gasteiger partial charge in [0.05, 0.1) is 10.9 Å². The molecule has 0 N–H and O–H groups in total. The molecule has 4 heteroatoms. The van der Waals surface area contributed by atoms with Gasteiger partial charge in [0, 0.05) is 6.54 Å². The average molecular weight is 341 g/mol. The number of piperidine rings is 1. The van der Waals surface area contributed by atoms with E-state index in [1.807, 2.05) is 25.1 Å². The highest BCUT2D eigenvalue weighted by atomic mass is 32.2. The Kier molecular flexibility index (Phi) is 3.97. The van der Waals surface area contributed by atoms with E-state index in [0.717, 1.165) is 31.2 Å².